The van der Waals surface area contributed by atoms with Gasteiger partial charge in [0, 0.05) is 17.7 Å². The molecule has 0 atom stereocenters. The monoisotopic (exact) mass is 378 g/mol. The standard InChI is InChI=1S/C19H26N4O2.ClH/c1-18(2,3)12-21-15(24)13-6-8-14(9-7-13)16-22-17(23-25-16)19(20)10-4-5-11-19;/h6-9H,4-5,10-12,20H2,1-3H3,(H,21,24);1H. The minimum atomic E-state index is -0.464. The number of hydrogen-bond acceptors (Lipinski definition) is 5. The molecule has 1 heterocycles. The number of benzene rings is 1. The van der Waals surface area contributed by atoms with Gasteiger partial charge < -0.3 is 15.6 Å². The molecule has 0 radical (unpaired) electrons. The molecule has 0 unspecified atom stereocenters. The van der Waals surface area contributed by atoms with Gasteiger partial charge in [-0.25, -0.2) is 0 Å². The molecule has 1 saturated carbocycles. The van der Waals surface area contributed by atoms with E-state index in [4.69, 9.17) is 10.3 Å². The zero-order valence-electron chi connectivity index (χ0n) is 15.5. The molecule has 26 heavy (non-hydrogen) atoms. The second-order valence-corrected chi connectivity index (χ2v) is 8.11. The molecule has 6 nitrogen and oxygen atoms in total. The van der Waals surface area contributed by atoms with E-state index < -0.39 is 5.54 Å². The molecular formula is C19H27ClN4O2. The SMILES string of the molecule is CC(C)(C)CNC(=O)c1ccc(-c2nc(C3(N)CCCC3)no2)cc1.Cl. The second kappa shape index (κ2) is 7.76. The quantitative estimate of drug-likeness (QED) is 0.846. The fourth-order valence-electron chi connectivity index (χ4n) is 2.98. The van der Waals surface area contributed by atoms with E-state index in [2.05, 4.69) is 36.2 Å². The summed E-state index contributed by atoms with van der Waals surface area (Å²) in [6, 6.07) is 7.18. The van der Waals surface area contributed by atoms with Gasteiger partial charge in [-0.3, -0.25) is 4.79 Å². The normalized spacial score (nSPS) is 16.2. The number of carbonyl (C=O) groups excluding carboxylic acids is 1. The number of rotatable bonds is 4. The first kappa shape index (κ1) is 20.4. The zero-order chi connectivity index (χ0) is 18.1. The molecule has 1 aromatic carbocycles. The van der Waals surface area contributed by atoms with E-state index in [1.807, 2.05) is 12.1 Å². The van der Waals surface area contributed by atoms with E-state index in [1.165, 1.54) is 0 Å². The van der Waals surface area contributed by atoms with E-state index >= 15 is 0 Å². The van der Waals surface area contributed by atoms with Crippen LogP contribution >= 0.6 is 12.4 Å². The maximum Gasteiger partial charge on any atom is 0.257 e. The van der Waals surface area contributed by atoms with Crippen LogP contribution in [-0.4, -0.2) is 22.6 Å². The number of nitrogens with one attached hydrogen (secondary N) is 1. The van der Waals surface area contributed by atoms with Crippen LogP contribution in [0.4, 0.5) is 0 Å². The minimum absolute atomic E-state index is 0. The molecule has 1 fully saturated rings. The summed E-state index contributed by atoms with van der Waals surface area (Å²) in [6.45, 7) is 6.87. The topological polar surface area (TPSA) is 94.0 Å². The maximum atomic E-state index is 12.2. The molecule has 0 bridgehead atoms. The Kier molecular flexibility index (Phi) is 6.09. The van der Waals surface area contributed by atoms with Gasteiger partial charge in [0.1, 0.15) is 0 Å². The van der Waals surface area contributed by atoms with Crippen LogP contribution in [0.1, 0.15) is 62.6 Å². The van der Waals surface area contributed by atoms with Crippen LogP contribution in [0.3, 0.4) is 0 Å². The van der Waals surface area contributed by atoms with E-state index in [0.717, 1.165) is 31.2 Å². The third-order valence-corrected chi connectivity index (χ3v) is 4.54. The Balaban J connectivity index is 0.00000243. The zero-order valence-corrected chi connectivity index (χ0v) is 16.4. The lowest BCUT2D eigenvalue weighted by Crippen LogP contribution is -2.34. The molecule has 1 aliphatic rings. The highest BCUT2D eigenvalue weighted by Gasteiger charge is 2.36. The second-order valence-electron chi connectivity index (χ2n) is 8.11. The summed E-state index contributed by atoms with van der Waals surface area (Å²) < 4.78 is 5.38. The van der Waals surface area contributed by atoms with Gasteiger partial charge in [0.25, 0.3) is 11.8 Å². The number of nitrogens with two attached hydrogens (primary N) is 1. The Hall–Kier alpha value is -1.92. The van der Waals surface area contributed by atoms with E-state index in [1.54, 1.807) is 12.1 Å². The van der Waals surface area contributed by atoms with Gasteiger partial charge in [-0.1, -0.05) is 38.8 Å². The highest BCUT2D eigenvalue weighted by atomic mass is 35.5. The third kappa shape index (κ3) is 4.62. The molecule has 2 aromatic rings. The van der Waals surface area contributed by atoms with Crippen LogP contribution in [0.15, 0.2) is 28.8 Å². The summed E-state index contributed by atoms with van der Waals surface area (Å²) >= 11 is 0. The summed E-state index contributed by atoms with van der Waals surface area (Å²) in [6.07, 6.45) is 3.97. The average molecular weight is 379 g/mol. The lowest BCUT2D eigenvalue weighted by Gasteiger charge is -2.18. The van der Waals surface area contributed by atoms with Crippen molar-refractivity contribution in [3.8, 4) is 11.5 Å². The van der Waals surface area contributed by atoms with Gasteiger partial charge in [0.15, 0.2) is 5.82 Å². The predicted molar refractivity (Wildman–Crippen MR) is 103 cm³/mol. The van der Waals surface area contributed by atoms with Crippen molar-refractivity contribution in [1.82, 2.24) is 15.5 Å². The van der Waals surface area contributed by atoms with Gasteiger partial charge in [-0.2, -0.15) is 4.98 Å². The van der Waals surface area contributed by atoms with Gasteiger partial charge in [-0.05, 0) is 42.5 Å². The molecule has 3 rings (SSSR count). The molecule has 0 saturated heterocycles. The average Bonchev–Trinajstić information content (AvgIpc) is 3.22. The van der Waals surface area contributed by atoms with Crippen molar-refractivity contribution in [3.05, 3.63) is 35.7 Å². The molecule has 1 amide bonds. The maximum absolute atomic E-state index is 12.2. The first-order valence-corrected chi connectivity index (χ1v) is 8.79. The Labute approximate surface area is 160 Å². The molecule has 0 aliphatic heterocycles. The van der Waals surface area contributed by atoms with E-state index in [-0.39, 0.29) is 23.7 Å². The third-order valence-electron chi connectivity index (χ3n) is 4.54. The molecule has 142 valence electrons. The van der Waals surface area contributed by atoms with Crippen LogP contribution < -0.4 is 11.1 Å². The van der Waals surface area contributed by atoms with Gasteiger partial charge in [0.2, 0.25) is 0 Å². The predicted octanol–water partition coefficient (Wildman–Crippen LogP) is 3.66. The molecule has 3 N–H and O–H groups in total. The van der Waals surface area contributed by atoms with Crippen LogP contribution in [-0.2, 0) is 5.54 Å². The lowest BCUT2D eigenvalue weighted by atomic mass is 9.97. The number of nitrogens with zero attached hydrogens (tertiary/aromatic N) is 2. The summed E-state index contributed by atoms with van der Waals surface area (Å²) in [7, 11) is 0. The van der Waals surface area contributed by atoms with E-state index in [9.17, 15) is 4.79 Å². The lowest BCUT2D eigenvalue weighted by molar-refractivity contribution is 0.0939. The first-order valence-electron chi connectivity index (χ1n) is 8.79. The van der Waals surface area contributed by atoms with Crippen molar-refractivity contribution in [2.45, 2.75) is 52.0 Å². The van der Waals surface area contributed by atoms with E-state index in [0.29, 0.717) is 23.8 Å². The van der Waals surface area contributed by atoms with Crippen LogP contribution in [0.5, 0.6) is 0 Å². The molecule has 1 aromatic heterocycles. The van der Waals surface area contributed by atoms with Crippen molar-refractivity contribution >= 4 is 18.3 Å². The number of aromatic nitrogens is 2. The molecule has 0 spiro atoms. The number of hydrogen-bond donors (Lipinski definition) is 2. The van der Waals surface area contributed by atoms with Crippen molar-refractivity contribution in [2.24, 2.45) is 11.1 Å². The van der Waals surface area contributed by atoms with Gasteiger partial charge >= 0.3 is 0 Å². The van der Waals surface area contributed by atoms with Crippen LogP contribution in [0.25, 0.3) is 11.5 Å². The summed E-state index contributed by atoms with van der Waals surface area (Å²) in [5, 5.41) is 7.01. The Morgan fingerprint density at radius 3 is 2.42 bits per heavy atom. The Morgan fingerprint density at radius 2 is 1.85 bits per heavy atom. The largest absolute Gasteiger partial charge is 0.352 e. The highest BCUT2D eigenvalue weighted by molar-refractivity contribution is 5.94. The summed E-state index contributed by atoms with van der Waals surface area (Å²) in [5.74, 6) is 0.930. The first-order chi connectivity index (χ1) is 11.8. The van der Waals surface area contributed by atoms with Gasteiger partial charge in [0.05, 0.1) is 5.54 Å². The Bertz CT molecular complexity index is 744. The minimum Gasteiger partial charge on any atom is -0.352 e. The molecular weight excluding hydrogens is 352 g/mol. The van der Waals surface area contributed by atoms with Crippen LogP contribution in [0, 0.1) is 5.41 Å². The van der Waals surface area contributed by atoms with Crippen LogP contribution in [0.2, 0.25) is 0 Å². The van der Waals surface area contributed by atoms with Gasteiger partial charge in [-0.15, -0.1) is 12.4 Å². The van der Waals surface area contributed by atoms with Crippen molar-refractivity contribution in [3.63, 3.8) is 0 Å². The summed E-state index contributed by atoms with van der Waals surface area (Å²) in [5.41, 5.74) is 7.35. The van der Waals surface area contributed by atoms with Crippen molar-refractivity contribution < 1.29 is 9.32 Å². The number of halogens is 1. The molecule has 7 heteroatoms. The highest BCUT2D eigenvalue weighted by Crippen LogP contribution is 2.35. The summed E-state index contributed by atoms with van der Waals surface area (Å²) in [4.78, 5) is 16.7. The van der Waals surface area contributed by atoms with Crippen molar-refractivity contribution in [1.29, 1.82) is 0 Å². The number of amides is 1. The molecule has 1 aliphatic carbocycles. The fourth-order valence-corrected chi connectivity index (χ4v) is 2.98. The smallest absolute Gasteiger partial charge is 0.257 e. The number of carbonyl (C=O) groups is 1. The van der Waals surface area contributed by atoms with Crippen molar-refractivity contribution in [2.75, 3.05) is 6.54 Å². The Morgan fingerprint density at radius 1 is 1.23 bits per heavy atom. The fraction of sp³-hybridized carbons (Fsp3) is 0.526.